The first-order valence-corrected chi connectivity index (χ1v) is 5.88. The van der Waals surface area contributed by atoms with Crippen LogP contribution in [-0.2, 0) is 11.2 Å². The highest BCUT2D eigenvalue weighted by atomic mass is 35.5. The lowest BCUT2D eigenvalue weighted by Gasteiger charge is -2.08. The molecule has 0 fully saturated rings. The molecule has 0 bridgehead atoms. The first kappa shape index (κ1) is 12.6. The molecule has 1 aromatic carbocycles. The van der Waals surface area contributed by atoms with Crippen molar-refractivity contribution in [3.63, 3.8) is 0 Å². The van der Waals surface area contributed by atoms with Crippen molar-refractivity contribution in [1.82, 2.24) is 4.98 Å². The van der Waals surface area contributed by atoms with Gasteiger partial charge in [0, 0.05) is 16.8 Å². The van der Waals surface area contributed by atoms with Crippen LogP contribution in [0.4, 0.5) is 0 Å². The molecule has 0 aliphatic rings. The van der Waals surface area contributed by atoms with Crippen LogP contribution in [0.5, 0.6) is 0 Å². The van der Waals surface area contributed by atoms with Gasteiger partial charge in [-0.15, -0.1) is 0 Å². The summed E-state index contributed by atoms with van der Waals surface area (Å²) in [6.45, 7) is 1.90. The molecule has 18 heavy (non-hydrogen) atoms. The number of carboxylic acids is 1. The van der Waals surface area contributed by atoms with Gasteiger partial charge in [0.25, 0.3) is 0 Å². The number of aliphatic carboxylic acids is 1. The number of hydrogen-bond donors (Lipinski definition) is 1. The minimum Gasteiger partial charge on any atom is -0.481 e. The van der Waals surface area contributed by atoms with Crippen molar-refractivity contribution in [1.29, 1.82) is 0 Å². The Labute approximate surface area is 110 Å². The smallest absolute Gasteiger partial charge is 0.307 e. The maximum Gasteiger partial charge on any atom is 0.307 e. The van der Waals surface area contributed by atoms with Crippen LogP contribution in [0.25, 0.3) is 11.3 Å². The fourth-order valence-electron chi connectivity index (χ4n) is 1.84. The van der Waals surface area contributed by atoms with E-state index in [4.69, 9.17) is 16.7 Å². The molecule has 1 heterocycles. The number of nitrogens with zero attached hydrogens (tertiary/aromatic N) is 1. The van der Waals surface area contributed by atoms with Crippen molar-refractivity contribution in [3.05, 3.63) is 52.7 Å². The van der Waals surface area contributed by atoms with E-state index < -0.39 is 5.97 Å². The Bertz CT molecular complexity index is 596. The standard InChI is InChI=1S/C14H12ClNO2/c1-9-6-10(7-13(17)18)8-16-14(9)11-4-2-3-5-12(11)15/h2-6,8H,7H2,1H3,(H,17,18). The lowest BCUT2D eigenvalue weighted by molar-refractivity contribution is -0.136. The predicted molar refractivity (Wildman–Crippen MR) is 70.8 cm³/mol. The van der Waals surface area contributed by atoms with Crippen molar-refractivity contribution in [2.45, 2.75) is 13.3 Å². The van der Waals surface area contributed by atoms with E-state index in [-0.39, 0.29) is 6.42 Å². The highest BCUT2D eigenvalue weighted by Crippen LogP contribution is 2.28. The molecular weight excluding hydrogens is 250 g/mol. The minimum atomic E-state index is -0.860. The molecule has 0 radical (unpaired) electrons. The zero-order valence-corrected chi connectivity index (χ0v) is 10.6. The van der Waals surface area contributed by atoms with Gasteiger partial charge < -0.3 is 5.11 Å². The molecule has 0 spiro atoms. The molecule has 92 valence electrons. The first-order valence-electron chi connectivity index (χ1n) is 5.50. The number of carboxylic acid groups (broad SMARTS) is 1. The Morgan fingerprint density at radius 2 is 2.11 bits per heavy atom. The monoisotopic (exact) mass is 261 g/mol. The summed E-state index contributed by atoms with van der Waals surface area (Å²) < 4.78 is 0. The molecule has 2 aromatic rings. The van der Waals surface area contributed by atoms with Gasteiger partial charge in [-0.25, -0.2) is 0 Å². The van der Waals surface area contributed by atoms with Gasteiger partial charge in [0.1, 0.15) is 0 Å². The number of hydrogen-bond acceptors (Lipinski definition) is 2. The van der Waals surface area contributed by atoms with Crippen LogP contribution in [0, 0.1) is 6.92 Å². The summed E-state index contributed by atoms with van der Waals surface area (Å²) in [6, 6.07) is 9.30. The molecule has 0 aliphatic heterocycles. The summed E-state index contributed by atoms with van der Waals surface area (Å²) >= 11 is 6.12. The van der Waals surface area contributed by atoms with Crippen LogP contribution >= 0.6 is 11.6 Å². The van der Waals surface area contributed by atoms with Crippen LogP contribution in [0.2, 0.25) is 5.02 Å². The Hall–Kier alpha value is -1.87. The molecule has 4 heteroatoms. The zero-order chi connectivity index (χ0) is 13.1. The number of rotatable bonds is 3. The second-order valence-electron chi connectivity index (χ2n) is 4.06. The van der Waals surface area contributed by atoms with E-state index in [9.17, 15) is 4.79 Å². The van der Waals surface area contributed by atoms with E-state index in [0.717, 1.165) is 16.8 Å². The van der Waals surface area contributed by atoms with E-state index >= 15 is 0 Å². The topological polar surface area (TPSA) is 50.2 Å². The van der Waals surface area contributed by atoms with Crippen molar-refractivity contribution >= 4 is 17.6 Å². The second kappa shape index (κ2) is 5.19. The van der Waals surface area contributed by atoms with Crippen molar-refractivity contribution in [2.24, 2.45) is 0 Å². The Morgan fingerprint density at radius 1 is 1.39 bits per heavy atom. The van der Waals surface area contributed by atoms with Crippen LogP contribution in [0.3, 0.4) is 0 Å². The summed E-state index contributed by atoms with van der Waals surface area (Å²) in [4.78, 5) is 15.0. The molecule has 0 amide bonds. The van der Waals surface area contributed by atoms with Gasteiger partial charge in [0.05, 0.1) is 12.1 Å². The molecule has 0 aliphatic carbocycles. The fourth-order valence-corrected chi connectivity index (χ4v) is 2.06. The maximum absolute atomic E-state index is 10.6. The minimum absolute atomic E-state index is 0.0172. The normalized spacial score (nSPS) is 10.3. The summed E-state index contributed by atoms with van der Waals surface area (Å²) in [5.41, 5.74) is 3.26. The van der Waals surface area contributed by atoms with Crippen molar-refractivity contribution in [3.8, 4) is 11.3 Å². The third-order valence-electron chi connectivity index (χ3n) is 2.62. The molecule has 2 rings (SSSR count). The number of carbonyl (C=O) groups is 1. The van der Waals surface area contributed by atoms with E-state index in [1.807, 2.05) is 37.3 Å². The molecule has 0 atom stereocenters. The number of aromatic nitrogens is 1. The summed E-state index contributed by atoms with van der Waals surface area (Å²) in [5.74, 6) is -0.860. The predicted octanol–water partition coefficient (Wildman–Crippen LogP) is 3.34. The fraction of sp³-hybridized carbons (Fsp3) is 0.143. The Kier molecular flexibility index (Phi) is 3.63. The summed E-state index contributed by atoms with van der Waals surface area (Å²) in [5, 5.41) is 9.38. The van der Waals surface area contributed by atoms with Crippen LogP contribution in [0.1, 0.15) is 11.1 Å². The molecule has 0 saturated carbocycles. The maximum atomic E-state index is 10.6. The third-order valence-corrected chi connectivity index (χ3v) is 2.95. The van der Waals surface area contributed by atoms with Crippen LogP contribution in [0.15, 0.2) is 36.5 Å². The SMILES string of the molecule is Cc1cc(CC(=O)O)cnc1-c1ccccc1Cl. The second-order valence-corrected chi connectivity index (χ2v) is 4.47. The van der Waals surface area contributed by atoms with E-state index in [1.54, 1.807) is 6.20 Å². The molecular formula is C14H12ClNO2. The van der Waals surface area contributed by atoms with E-state index in [0.29, 0.717) is 10.6 Å². The number of benzene rings is 1. The number of pyridine rings is 1. The van der Waals surface area contributed by atoms with Crippen molar-refractivity contribution in [2.75, 3.05) is 0 Å². The summed E-state index contributed by atoms with van der Waals surface area (Å²) in [7, 11) is 0. The van der Waals surface area contributed by atoms with Gasteiger partial charge in [-0.1, -0.05) is 35.9 Å². The molecule has 3 nitrogen and oxygen atoms in total. The van der Waals surface area contributed by atoms with E-state index in [1.165, 1.54) is 0 Å². The van der Waals surface area contributed by atoms with Crippen molar-refractivity contribution < 1.29 is 9.90 Å². The third kappa shape index (κ3) is 2.68. The van der Waals surface area contributed by atoms with Gasteiger partial charge in [0.2, 0.25) is 0 Å². The van der Waals surface area contributed by atoms with Crippen LogP contribution in [-0.4, -0.2) is 16.1 Å². The molecule has 0 unspecified atom stereocenters. The van der Waals surface area contributed by atoms with Crippen LogP contribution < -0.4 is 0 Å². The Balaban J connectivity index is 2.42. The average Bonchev–Trinajstić information content (AvgIpc) is 2.30. The van der Waals surface area contributed by atoms with Gasteiger partial charge in [-0.05, 0) is 24.1 Å². The number of aryl methyl sites for hydroxylation is 1. The lowest BCUT2D eigenvalue weighted by Crippen LogP contribution is -2.01. The average molecular weight is 262 g/mol. The Morgan fingerprint density at radius 3 is 2.72 bits per heavy atom. The quantitative estimate of drug-likeness (QED) is 0.922. The van der Waals surface area contributed by atoms with Gasteiger partial charge >= 0.3 is 5.97 Å². The highest BCUT2D eigenvalue weighted by Gasteiger charge is 2.09. The number of halogens is 1. The lowest BCUT2D eigenvalue weighted by atomic mass is 10.0. The van der Waals surface area contributed by atoms with E-state index in [2.05, 4.69) is 4.98 Å². The molecule has 0 saturated heterocycles. The first-order chi connectivity index (χ1) is 8.58. The van der Waals surface area contributed by atoms with Gasteiger partial charge in [-0.2, -0.15) is 0 Å². The summed E-state index contributed by atoms with van der Waals surface area (Å²) in [6.07, 6.45) is 1.57. The highest BCUT2D eigenvalue weighted by molar-refractivity contribution is 6.33. The zero-order valence-electron chi connectivity index (χ0n) is 9.85. The largest absolute Gasteiger partial charge is 0.481 e. The molecule has 1 N–H and O–H groups in total. The van der Waals surface area contributed by atoms with Gasteiger partial charge in [-0.3, -0.25) is 9.78 Å². The molecule has 1 aromatic heterocycles. The van der Waals surface area contributed by atoms with Gasteiger partial charge in [0.15, 0.2) is 0 Å².